The minimum absolute atomic E-state index is 0.507. The van der Waals surface area contributed by atoms with Gasteiger partial charge in [0, 0.05) is 9.75 Å². The summed E-state index contributed by atoms with van der Waals surface area (Å²) in [5.74, 6) is 0. The molecule has 17 heavy (non-hydrogen) atoms. The minimum Gasteiger partial charge on any atom is -0.384 e. The molecule has 0 aliphatic heterocycles. The lowest BCUT2D eigenvalue weighted by atomic mass is 9.67. The van der Waals surface area contributed by atoms with Gasteiger partial charge in [0.15, 0.2) is 0 Å². The quantitative estimate of drug-likeness (QED) is 0.784. The van der Waals surface area contributed by atoms with E-state index in [9.17, 15) is 5.11 Å². The Bertz CT molecular complexity index is 391. The zero-order valence-electron chi connectivity index (χ0n) is 10.7. The molecule has 0 saturated heterocycles. The van der Waals surface area contributed by atoms with Crippen LogP contribution in [0.5, 0.6) is 0 Å². The summed E-state index contributed by atoms with van der Waals surface area (Å²) in [5, 5.41) is 10.8. The highest BCUT2D eigenvalue weighted by molar-refractivity contribution is 7.12. The Morgan fingerprint density at radius 2 is 1.65 bits per heavy atom. The molecule has 0 bridgehead atoms. The lowest BCUT2D eigenvalue weighted by Gasteiger charge is -2.41. The average molecular weight is 250 g/mol. The zero-order chi connectivity index (χ0) is 11.9. The summed E-state index contributed by atoms with van der Waals surface area (Å²) in [6.07, 6.45) is 10.1. The molecule has 94 valence electrons. The van der Waals surface area contributed by atoms with E-state index in [2.05, 4.69) is 19.1 Å². The van der Waals surface area contributed by atoms with E-state index in [4.69, 9.17) is 0 Å². The molecule has 1 aromatic rings. The molecule has 0 atom stereocenters. The standard InChI is InChI=1S/C15H22OS/c1-12-4-5-13(17-12)15(16)10-8-14(9-11-15)6-2-3-7-14/h4-5,16H,2-3,6-11H2,1H3. The highest BCUT2D eigenvalue weighted by Gasteiger charge is 2.44. The van der Waals surface area contributed by atoms with Crippen LogP contribution in [0.25, 0.3) is 0 Å². The molecular formula is C15H22OS. The fraction of sp³-hybridized carbons (Fsp3) is 0.733. The smallest absolute Gasteiger partial charge is 0.0988 e. The second-order valence-electron chi connectivity index (χ2n) is 6.15. The fourth-order valence-corrected chi connectivity index (χ4v) is 4.76. The Morgan fingerprint density at radius 1 is 1.00 bits per heavy atom. The van der Waals surface area contributed by atoms with E-state index in [0.29, 0.717) is 5.41 Å². The third kappa shape index (κ3) is 2.06. The molecule has 0 amide bonds. The van der Waals surface area contributed by atoms with Gasteiger partial charge in [-0.2, -0.15) is 0 Å². The first-order valence-electron chi connectivity index (χ1n) is 6.91. The molecule has 1 spiro atoms. The highest BCUT2D eigenvalue weighted by Crippen LogP contribution is 2.54. The predicted molar refractivity (Wildman–Crippen MR) is 72.3 cm³/mol. The second kappa shape index (κ2) is 4.10. The molecule has 0 unspecified atom stereocenters. The summed E-state index contributed by atoms with van der Waals surface area (Å²) in [5.41, 5.74) is 0.102. The van der Waals surface area contributed by atoms with Crippen molar-refractivity contribution in [2.45, 2.75) is 63.9 Å². The van der Waals surface area contributed by atoms with Gasteiger partial charge >= 0.3 is 0 Å². The number of thiophene rings is 1. The van der Waals surface area contributed by atoms with Crippen LogP contribution in [0.2, 0.25) is 0 Å². The van der Waals surface area contributed by atoms with Crippen molar-refractivity contribution >= 4 is 11.3 Å². The minimum atomic E-state index is -0.507. The van der Waals surface area contributed by atoms with Gasteiger partial charge in [0.1, 0.15) is 0 Å². The van der Waals surface area contributed by atoms with Crippen molar-refractivity contribution in [3.63, 3.8) is 0 Å². The van der Waals surface area contributed by atoms with Gasteiger partial charge in [0.05, 0.1) is 5.60 Å². The van der Waals surface area contributed by atoms with Crippen LogP contribution in [-0.2, 0) is 5.60 Å². The van der Waals surface area contributed by atoms with Crippen LogP contribution in [0.1, 0.15) is 61.1 Å². The van der Waals surface area contributed by atoms with Crippen LogP contribution in [-0.4, -0.2) is 5.11 Å². The molecule has 2 aliphatic rings. The number of aryl methyl sites for hydroxylation is 1. The van der Waals surface area contributed by atoms with Gasteiger partial charge in [-0.1, -0.05) is 12.8 Å². The van der Waals surface area contributed by atoms with Crippen molar-refractivity contribution < 1.29 is 5.11 Å². The highest BCUT2D eigenvalue weighted by atomic mass is 32.1. The summed E-state index contributed by atoms with van der Waals surface area (Å²) in [7, 11) is 0. The van der Waals surface area contributed by atoms with E-state index in [1.807, 2.05) is 0 Å². The summed E-state index contributed by atoms with van der Waals surface area (Å²) in [6, 6.07) is 4.27. The third-order valence-corrected chi connectivity index (χ3v) is 6.20. The molecule has 1 heterocycles. The van der Waals surface area contributed by atoms with Crippen molar-refractivity contribution in [2.24, 2.45) is 5.41 Å². The van der Waals surface area contributed by atoms with E-state index in [1.54, 1.807) is 11.3 Å². The first-order valence-corrected chi connectivity index (χ1v) is 7.73. The molecule has 0 radical (unpaired) electrons. The van der Waals surface area contributed by atoms with Gasteiger partial charge in [0.25, 0.3) is 0 Å². The number of hydrogen-bond donors (Lipinski definition) is 1. The number of aliphatic hydroxyl groups is 1. The summed E-state index contributed by atoms with van der Waals surface area (Å²) in [4.78, 5) is 2.51. The first kappa shape index (κ1) is 11.7. The largest absolute Gasteiger partial charge is 0.384 e. The zero-order valence-corrected chi connectivity index (χ0v) is 11.5. The molecule has 2 fully saturated rings. The normalized spacial score (nSPS) is 26.5. The lowest BCUT2D eigenvalue weighted by molar-refractivity contribution is -0.0348. The van der Waals surface area contributed by atoms with Gasteiger partial charge in [-0.25, -0.2) is 0 Å². The number of rotatable bonds is 1. The van der Waals surface area contributed by atoms with Crippen LogP contribution in [0.4, 0.5) is 0 Å². The van der Waals surface area contributed by atoms with Crippen molar-refractivity contribution in [3.05, 3.63) is 21.9 Å². The Hall–Kier alpha value is -0.340. The monoisotopic (exact) mass is 250 g/mol. The summed E-state index contributed by atoms with van der Waals surface area (Å²) >= 11 is 1.77. The predicted octanol–water partition coefficient (Wildman–Crippen LogP) is 4.38. The molecule has 1 aromatic heterocycles. The second-order valence-corrected chi connectivity index (χ2v) is 7.44. The fourth-order valence-electron chi connectivity index (χ4n) is 3.75. The van der Waals surface area contributed by atoms with Crippen LogP contribution in [0.15, 0.2) is 12.1 Å². The van der Waals surface area contributed by atoms with Gasteiger partial charge in [0.2, 0.25) is 0 Å². The Balaban J connectivity index is 1.75. The van der Waals surface area contributed by atoms with E-state index in [0.717, 1.165) is 12.8 Å². The van der Waals surface area contributed by atoms with E-state index < -0.39 is 5.60 Å². The molecule has 1 N–H and O–H groups in total. The van der Waals surface area contributed by atoms with Gasteiger partial charge in [-0.05, 0) is 63.0 Å². The van der Waals surface area contributed by atoms with Crippen molar-refractivity contribution in [2.75, 3.05) is 0 Å². The van der Waals surface area contributed by atoms with E-state index >= 15 is 0 Å². The van der Waals surface area contributed by atoms with Crippen LogP contribution >= 0.6 is 11.3 Å². The van der Waals surface area contributed by atoms with Crippen molar-refractivity contribution in [3.8, 4) is 0 Å². The molecule has 0 aromatic carbocycles. The molecule has 1 nitrogen and oxygen atoms in total. The molecule has 2 saturated carbocycles. The van der Waals surface area contributed by atoms with Gasteiger partial charge in [-0.15, -0.1) is 11.3 Å². The van der Waals surface area contributed by atoms with Crippen LogP contribution < -0.4 is 0 Å². The lowest BCUT2D eigenvalue weighted by Crippen LogP contribution is -2.35. The van der Waals surface area contributed by atoms with Crippen LogP contribution in [0, 0.1) is 12.3 Å². The van der Waals surface area contributed by atoms with Crippen molar-refractivity contribution in [1.82, 2.24) is 0 Å². The molecule has 2 aliphatic carbocycles. The van der Waals surface area contributed by atoms with Crippen LogP contribution in [0.3, 0.4) is 0 Å². The maximum atomic E-state index is 10.8. The Labute approximate surface area is 108 Å². The van der Waals surface area contributed by atoms with E-state index in [1.165, 1.54) is 48.3 Å². The SMILES string of the molecule is Cc1ccc(C2(O)CCC3(CCCC3)CC2)s1. The number of hydrogen-bond acceptors (Lipinski definition) is 2. The summed E-state index contributed by atoms with van der Waals surface area (Å²) in [6.45, 7) is 2.12. The Kier molecular flexibility index (Phi) is 2.83. The van der Waals surface area contributed by atoms with Gasteiger partial charge in [-0.3, -0.25) is 0 Å². The molecular weight excluding hydrogens is 228 g/mol. The topological polar surface area (TPSA) is 20.2 Å². The van der Waals surface area contributed by atoms with Gasteiger partial charge < -0.3 is 5.11 Å². The van der Waals surface area contributed by atoms with Crippen molar-refractivity contribution in [1.29, 1.82) is 0 Å². The molecule has 3 rings (SSSR count). The van der Waals surface area contributed by atoms with E-state index in [-0.39, 0.29) is 0 Å². The summed E-state index contributed by atoms with van der Waals surface area (Å²) < 4.78 is 0. The first-order chi connectivity index (χ1) is 8.12. The molecule has 2 heteroatoms. The maximum absolute atomic E-state index is 10.8. The maximum Gasteiger partial charge on any atom is 0.0988 e. The average Bonchev–Trinajstić information content (AvgIpc) is 2.94. The third-order valence-electron chi connectivity index (χ3n) is 5.00. The Morgan fingerprint density at radius 3 is 2.18 bits per heavy atom.